The van der Waals surface area contributed by atoms with E-state index in [1.54, 1.807) is 0 Å². The van der Waals surface area contributed by atoms with Gasteiger partial charge in [-0.05, 0) is 31.9 Å². The molecular weight excluding hydrogens is 294 g/mol. The Morgan fingerprint density at radius 3 is 2.86 bits per heavy atom. The highest BCUT2D eigenvalue weighted by Gasteiger charge is 2.15. The van der Waals surface area contributed by atoms with E-state index in [2.05, 4.69) is 53.7 Å². The van der Waals surface area contributed by atoms with Crippen molar-refractivity contribution in [1.29, 1.82) is 0 Å². The van der Waals surface area contributed by atoms with E-state index in [0.29, 0.717) is 11.4 Å². The van der Waals surface area contributed by atoms with E-state index in [1.165, 1.54) is 11.3 Å². The molecule has 2 rings (SSSR count). The number of thioether (sulfide) groups is 1. The summed E-state index contributed by atoms with van der Waals surface area (Å²) >= 11 is 1.86. The third kappa shape index (κ3) is 6.28. The van der Waals surface area contributed by atoms with Gasteiger partial charge in [0.05, 0.1) is 12.6 Å². The summed E-state index contributed by atoms with van der Waals surface area (Å²) in [6.07, 6.45) is 2.65. The Labute approximate surface area is 138 Å². The molecule has 1 aliphatic rings. The highest BCUT2D eigenvalue weighted by molar-refractivity contribution is 8.00. The highest BCUT2D eigenvalue weighted by Crippen LogP contribution is 2.22. The van der Waals surface area contributed by atoms with Gasteiger partial charge in [0, 0.05) is 29.8 Å². The van der Waals surface area contributed by atoms with Crippen LogP contribution in [0.1, 0.15) is 26.7 Å². The summed E-state index contributed by atoms with van der Waals surface area (Å²) in [6, 6.07) is 10.5. The van der Waals surface area contributed by atoms with Crippen LogP contribution in [0.5, 0.6) is 0 Å². The molecule has 5 heteroatoms. The Hall–Kier alpha value is -1.20. The van der Waals surface area contributed by atoms with Gasteiger partial charge in [-0.25, -0.2) is 0 Å². The number of guanidine groups is 1. The predicted molar refractivity (Wildman–Crippen MR) is 94.7 cm³/mol. The van der Waals surface area contributed by atoms with Crippen LogP contribution in [0, 0.1) is 0 Å². The van der Waals surface area contributed by atoms with Crippen molar-refractivity contribution in [3.63, 3.8) is 0 Å². The lowest BCUT2D eigenvalue weighted by molar-refractivity contribution is 0.114. The zero-order chi connectivity index (χ0) is 15.6. The molecule has 1 aromatic rings. The van der Waals surface area contributed by atoms with E-state index < -0.39 is 0 Å². The fourth-order valence-electron chi connectivity index (χ4n) is 2.35. The molecule has 2 unspecified atom stereocenters. The first-order chi connectivity index (χ1) is 10.8. The molecule has 0 bridgehead atoms. The molecule has 1 aromatic carbocycles. The fraction of sp³-hybridized carbons (Fsp3) is 0.588. The van der Waals surface area contributed by atoms with Crippen LogP contribution in [0.2, 0.25) is 0 Å². The van der Waals surface area contributed by atoms with Crippen LogP contribution in [0.15, 0.2) is 40.2 Å². The van der Waals surface area contributed by atoms with Gasteiger partial charge in [0.25, 0.3) is 0 Å². The van der Waals surface area contributed by atoms with E-state index in [0.717, 1.165) is 38.6 Å². The molecule has 22 heavy (non-hydrogen) atoms. The second kappa shape index (κ2) is 9.74. The molecule has 0 spiro atoms. The van der Waals surface area contributed by atoms with Gasteiger partial charge in [0.2, 0.25) is 0 Å². The monoisotopic (exact) mass is 321 g/mol. The van der Waals surface area contributed by atoms with E-state index >= 15 is 0 Å². The van der Waals surface area contributed by atoms with E-state index in [-0.39, 0.29) is 0 Å². The molecule has 0 aliphatic carbocycles. The first-order valence-corrected chi connectivity index (χ1v) is 9.01. The second-order valence-electron chi connectivity index (χ2n) is 5.48. The first kappa shape index (κ1) is 17.2. The Balaban J connectivity index is 1.77. The summed E-state index contributed by atoms with van der Waals surface area (Å²) in [5, 5.41) is 7.13. The predicted octanol–water partition coefficient (Wildman–Crippen LogP) is 2.90. The first-order valence-electron chi connectivity index (χ1n) is 8.13. The maximum Gasteiger partial charge on any atom is 0.191 e. The SMILES string of the molecule is CCNC(=NCC(C)Sc1ccccc1)NCC1CCCO1. The zero-order valence-corrected chi connectivity index (χ0v) is 14.4. The van der Waals surface area contributed by atoms with Crippen molar-refractivity contribution < 1.29 is 4.74 Å². The quantitative estimate of drug-likeness (QED) is 0.460. The smallest absolute Gasteiger partial charge is 0.191 e. The maximum atomic E-state index is 5.64. The Bertz CT molecular complexity index is 446. The van der Waals surface area contributed by atoms with Crippen molar-refractivity contribution >= 4 is 17.7 Å². The van der Waals surface area contributed by atoms with Crippen LogP contribution < -0.4 is 10.6 Å². The minimum absolute atomic E-state index is 0.333. The molecule has 1 heterocycles. The van der Waals surface area contributed by atoms with Crippen molar-refractivity contribution in [1.82, 2.24) is 10.6 Å². The van der Waals surface area contributed by atoms with Gasteiger partial charge in [-0.3, -0.25) is 4.99 Å². The van der Waals surface area contributed by atoms with E-state index in [9.17, 15) is 0 Å². The van der Waals surface area contributed by atoms with Crippen molar-refractivity contribution in [2.45, 2.75) is 42.9 Å². The minimum Gasteiger partial charge on any atom is -0.376 e. The number of rotatable bonds is 7. The van der Waals surface area contributed by atoms with Crippen LogP contribution in [-0.4, -0.2) is 43.6 Å². The summed E-state index contributed by atoms with van der Waals surface area (Å²) in [5.74, 6) is 0.888. The summed E-state index contributed by atoms with van der Waals surface area (Å²) in [6.45, 7) is 7.70. The van der Waals surface area contributed by atoms with E-state index in [4.69, 9.17) is 4.74 Å². The average Bonchev–Trinajstić information content (AvgIpc) is 3.04. The van der Waals surface area contributed by atoms with Crippen LogP contribution in [0.25, 0.3) is 0 Å². The molecule has 1 fully saturated rings. The molecule has 0 aromatic heterocycles. The number of nitrogens with one attached hydrogen (secondary N) is 2. The van der Waals surface area contributed by atoms with Gasteiger partial charge >= 0.3 is 0 Å². The molecule has 4 nitrogen and oxygen atoms in total. The second-order valence-corrected chi connectivity index (χ2v) is 6.99. The lowest BCUT2D eigenvalue weighted by atomic mass is 10.2. The zero-order valence-electron chi connectivity index (χ0n) is 13.5. The Kier molecular flexibility index (Phi) is 7.60. The Morgan fingerprint density at radius 1 is 1.36 bits per heavy atom. The molecule has 2 N–H and O–H groups in total. The largest absolute Gasteiger partial charge is 0.376 e. The topological polar surface area (TPSA) is 45.7 Å². The number of benzene rings is 1. The molecule has 0 amide bonds. The molecule has 122 valence electrons. The van der Waals surface area contributed by atoms with Gasteiger partial charge in [0.1, 0.15) is 0 Å². The van der Waals surface area contributed by atoms with Gasteiger partial charge in [-0.2, -0.15) is 0 Å². The molecule has 2 atom stereocenters. The van der Waals surface area contributed by atoms with Crippen LogP contribution in [0.4, 0.5) is 0 Å². The third-order valence-electron chi connectivity index (χ3n) is 3.45. The van der Waals surface area contributed by atoms with Gasteiger partial charge < -0.3 is 15.4 Å². The Morgan fingerprint density at radius 2 is 2.18 bits per heavy atom. The van der Waals surface area contributed by atoms with E-state index in [1.807, 2.05) is 17.8 Å². The molecule has 1 aliphatic heterocycles. The standard InChI is InChI=1S/C17H27N3OS/c1-3-18-17(20-13-15-8-7-11-21-15)19-12-14(2)22-16-9-5-4-6-10-16/h4-6,9-10,14-15H,3,7-8,11-13H2,1-2H3,(H2,18,19,20). The number of hydrogen-bond acceptors (Lipinski definition) is 3. The maximum absolute atomic E-state index is 5.64. The normalized spacial score (nSPS) is 19.9. The summed E-state index contributed by atoms with van der Waals surface area (Å²) < 4.78 is 5.64. The molecule has 0 radical (unpaired) electrons. The van der Waals surface area contributed by atoms with Crippen molar-refractivity contribution in [3.05, 3.63) is 30.3 Å². The molecule has 0 saturated carbocycles. The third-order valence-corrected chi connectivity index (χ3v) is 4.55. The number of ether oxygens (including phenoxy) is 1. The molecule has 1 saturated heterocycles. The van der Waals surface area contributed by atoms with Gasteiger partial charge in [-0.15, -0.1) is 11.8 Å². The summed E-state index contributed by atoms with van der Waals surface area (Å²) in [5.41, 5.74) is 0. The molecular formula is C17H27N3OS. The van der Waals surface area contributed by atoms with Gasteiger partial charge in [0.15, 0.2) is 5.96 Å². The average molecular weight is 321 g/mol. The van der Waals surface area contributed by atoms with Crippen LogP contribution in [0.3, 0.4) is 0 Å². The number of aliphatic imine (C=N–C) groups is 1. The van der Waals surface area contributed by atoms with Crippen molar-refractivity contribution in [3.8, 4) is 0 Å². The van der Waals surface area contributed by atoms with Crippen molar-refractivity contribution in [2.24, 2.45) is 4.99 Å². The van der Waals surface area contributed by atoms with Crippen LogP contribution in [-0.2, 0) is 4.74 Å². The lowest BCUT2D eigenvalue weighted by Crippen LogP contribution is -2.41. The number of hydrogen-bond donors (Lipinski definition) is 2. The van der Waals surface area contributed by atoms with Crippen LogP contribution >= 0.6 is 11.8 Å². The van der Waals surface area contributed by atoms with Crippen molar-refractivity contribution in [2.75, 3.05) is 26.2 Å². The highest BCUT2D eigenvalue weighted by atomic mass is 32.2. The fourth-order valence-corrected chi connectivity index (χ4v) is 3.27. The summed E-state index contributed by atoms with van der Waals surface area (Å²) in [7, 11) is 0. The van der Waals surface area contributed by atoms with Gasteiger partial charge in [-0.1, -0.05) is 25.1 Å². The summed E-state index contributed by atoms with van der Waals surface area (Å²) in [4.78, 5) is 5.98. The lowest BCUT2D eigenvalue weighted by Gasteiger charge is -2.16. The minimum atomic E-state index is 0.333. The number of nitrogens with zero attached hydrogens (tertiary/aromatic N) is 1.